The summed E-state index contributed by atoms with van der Waals surface area (Å²) in [6, 6.07) is 10.4. The fraction of sp³-hybridized carbons (Fsp3) is 0. The Hall–Kier alpha value is 0.489. The summed E-state index contributed by atoms with van der Waals surface area (Å²) in [4.78, 5) is 0. The third-order valence-corrected chi connectivity index (χ3v) is 4.39. The molecule has 0 saturated heterocycles. The molecule has 0 aliphatic carbocycles. The molecule has 0 aliphatic heterocycles. The molecule has 0 atom stereocenters. The fourth-order valence-electron chi connectivity index (χ4n) is 0.692. The fourth-order valence-corrected chi connectivity index (χ4v) is 2.63. The summed E-state index contributed by atoms with van der Waals surface area (Å²) in [5.74, 6) is 0. The van der Waals surface area contributed by atoms with Crippen LogP contribution in [0.1, 0.15) is 5.56 Å². The zero-order chi connectivity index (χ0) is 7.23. The van der Waals surface area contributed by atoms with Crippen LogP contribution in [0.4, 0.5) is 0 Å². The van der Waals surface area contributed by atoms with Crippen molar-refractivity contribution in [2.75, 3.05) is 0 Å². The van der Waals surface area contributed by atoms with E-state index in [-0.39, 0.29) is 17.2 Å². The van der Waals surface area contributed by atoms with E-state index in [9.17, 15) is 0 Å². The molecule has 0 nitrogen and oxygen atoms in total. The average Bonchev–Trinajstić information content (AvgIpc) is 2.03. The third-order valence-electron chi connectivity index (χ3n) is 1.14. The van der Waals surface area contributed by atoms with Gasteiger partial charge in [-0.1, -0.05) is 0 Å². The van der Waals surface area contributed by atoms with Gasteiger partial charge >= 0.3 is 81.9 Å². The summed E-state index contributed by atoms with van der Waals surface area (Å²) in [5, 5.41) is 0. The first-order valence-corrected chi connectivity index (χ1v) is 13.0. The van der Waals surface area contributed by atoms with Gasteiger partial charge in [0, 0.05) is 0 Å². The Bertz CT molecular complexity index is 206. The van der Waals surface area contributed by atoms with Crippen molar-refractivity contribution >= 4 is 41.9 Å². The zero-order valence-corrected chi connectivity index (χ0v) is 10.4. The molecule has 0 amide bonds. The standard InChI is InChI=1S/C8H7.HI.Sn/c1-2-8-6-4-3-5-7-8;;/h1-7H;1H;/q;;+1/p-1. The number of hydrogen-bond donors (Lipinski definition) is 0. The average molecular weight is 349 g/mol. The minimum atomic E-state index is -0.168. The first-order valence-electron chi connectivity index (χ1n) is 3.01. The van der Waals surface area contributed by atoms with Crippen molar-refractivity contribution in [3.63, 3.8) is 0 Å². The first kappa shape index (κ1) is 8.58. The van der Waals surface area contributed by atoms with Crippen molar-refractivity contribution in [1.82, 2.24) is 0 Å². The molecular weight excluding hydrogens is 342 g/mol. The third kappa shape index (κ3) is 3.05. The van der Waals surface area contributed by atoms with E-state index in [0.717, 1.165) is 0 Å². The van der Waals surface area contributed by atoms with Crippen LogP contribution in [0.25, 0.3) is 6.08 Å². The maximum atomic E-state index is 2.50. The minimum absolute atomic E-state index is 0.168. The summed E-state index contributed by atoms with van der Waals surface area (Å²) in [6.45, 7) is 0. The Morgan fingerprint density at radius 1 is 1.20 bits per heavy atom. The van der Waals surface area contributed by atoms with Crippen LogP contribution in [0.3, 0.4) is 0 Å². The Labute approximate surface area is 81.1 Å². The second-order valence-electron chi connectivity index (χ2n) is 1.85. The van der Waals surface area contributed by atoms with E-state index in [1.54, 1.807) is 0 Å². The van der Waals surface area contributed by atoms with Gasteiger partial charge in [-0.05, 0) is 0 Å². The van der Waals surface area contributed by atoms with Gasteiger partial charge < -0.3 is 0 Å². The first-order chi connectivity index (χ1) is 4.93. The molecule has 50 valence electrons. The molecule has 0 aliphatic rings. The van der Waals surface area contributed by atoms with E-state index in [1.807, 2.05) is 6.07 Å². The number of benzene rings is 1. The molecule has 0 fully saturated rings. The molecule has 1 rings (SSSR count). The van der Waals surface area contributed by atoms with Crippen LogP contribution in [0.5, 0.6) is 0 Å². The van der Waals surface area contributed by atoms with Gasteiger partial charge in [-0.2, -0.15) is 0 Å². The molecule has 0 saturated carbocycles. The van der Waals surface area contributed by atoms with Crippen molar-refractivity contribution in [2.45, 2.75) is 0 Å². The molecule has 2 radical (unpaired) electrons. The van der Waals surface area contributed by atoms with Gasteiger partial charge in [0.25, 0.3) is 0 Å². The second kappa shape index (κ2) is 5.18. The molecule has 0 unspecified atom stereocenters. The van der Waals surface area contributed by atoms with E-state index in [4.69, 9.17) is 0 Å². The van der Waals surface area contributed by atoms with Gasteiger partial charge in [0.2, 0.25) is 0 Å². The molecular formula is C8H7ISn. The second-order valence-corrected chi connectivity index (χ2v) is 7.61. The quantitative estimate of drug-likeness (QED) is 0.569. The van der Waals surface area contributed by atoms with Crippen LogP contribution in [-0.2, 0) is 0 Å². The van der Waals surface area contributed by atoms with Gasteiger partial charge in [0.05, 0.1) is 0 Å². The van der Waals surface area contributed by atoms with Crippen LogP contribution in [0, 0.1) is 0 Å². The molecule has 1 aromatic rings. The SMILES string of the molecule is [I][Sn]/[CH]=C/c1ccccc1. The Morgan fingerprint density at radius 3 is 2.50 bits per heavy atom. The summed E-state index contributed by atoms with van der Waals surface area (Å²) < 4.78 is 2.32. The van der Waals surface area contributed by atoms with Crippen molar-refractivity contribution in [3.05, 3.63) is 40.0 Å². The van der Waals surface area contributed by atoms with Crippen molar-refractivity contribution in [3.8, 4) is 0 Å². The van der Waals surface area contributed by atoms with Crippen molar-refractivity contribution < 1.29 is 0 Å². The van der Waals surface area contributed by atoms with Crippen LogP contribution in [0.15, 0.2) is 34.4 Å². The topological polar surface area (TPSA) is 0 Å². The summed E-state index contributed by atoms with van der Waals surface area (Å²) in [6.07, 6.45) is 2.21. The Kier molecular flexibility index (Phi) is 4.45. The van der Waals surface area contributed by atoms with Gasteiger partial charge in [0.1, 0.15) is 0 Å². The molecule has 0 heterocycles. The summed E-state index contributed by atoms with van der Waals surface area (Å²) in [7, 11) is 0. The number of halogens is 1. The molecule has 0 bridgehead atoms. The monoisotopic (exact) mass is 350 g/mol. The number of rotatable bonds is 2. The van der Waals surface area contributed by atoms with Gasteiger partial charge in [-0.3, -0.25) is 0 Å². The van der Waals surface area contributed by atoms with Crippen LogP contribution >= 0.6 is 18.6 Å². The van der Waals surface area contributed by atoms with E-state index >= 15 is 0 Å². The molecule has 0 aromatic heterocycles. The van der Waals surface area contributed by atoms with Gasteiger partial charge in [0.15, 0.2) is 0 Å². The van der Waals surface area contributed by atoms with E-state index in [0.29, 0.717) is 0 Å². The summed E-state index contributed by atoms with van der Waals surface area (Å²) in [5.41, 5.74) is 1.32. The molecule has 1 aromatic carbocycles. The molecule has 0 N–H and O–H groups in total. The van der Waals surface area contributed by atoms with Crippen LogP contribution in [-0.4, -0.2) is 17.2 Å². The van der Waals surface area contributed by atoms with Crippen LogP contribution in [0.2, 0.25) is 0 Å². The normalized spacial score (nSPS) is 10.5. The summed E-state index contributed by atoms with van der Waals surface area (Å²) >= 11 is 2.33. The predicted octanol–water partition coefficient (Wildman–Crippen LogP) is 2.71. The van der Waals surface area contributed by atoms with Crippen LogP contribution < -0.4 is 0 Å². The Morgan fingerprint density at radius 2 is 1.90 bits per heavy atom. The van der Waals surface area contributed by atoms with Gasteiger partial charge in [-0.15, -0.1) is 0 Å². The Balaban J connectivity index is 2.67. The molecule has 10 heavy (non-hydrogen) atoms. The van der Waals surface area contributed by atoms with Crippen molar-refractivity contribution in [1.29, 1.82) is 0 Å². The van der Waals surface area contributed by atoms with Gasteiger partial charge in [-0.25, -0.2) is 0 Å². The van der Waals surface area contributed by atoms with E-state index in [1.165, 1.54) is 5.56 Å². The van der Waals surface area contributed by atoms with E-state index in [2.05, 4.69) is 53.1 Å². The van der Waals surface area contributed by atoms with E-state index < -0.39 is 0 Å². The number of hydrogen-bond acceptors (Lipinski definition) is 0. The predicted molar refractivity (Wildman–Crippen MR) is 55.3 cm³/mol. The maximum absolute atomic E-state index is 2.50. The molecule has 0 spiro atoms. The molecule has 2 heteroatoms. The van der Waals surface area contributed by atoms with Crippen molar-refractivity contribution in [2.24, 2.45) is 0 Å². The zero-order valence-electron chi connectivity index (χ0n) is 5.42.